The molecule has 0 bridgehead atoms. The van der Waals surface area contributed by atoms with Crippen LogP contribution in [0.4, 0.5) is 0 Å². The average molecular weight is 548 g/mol. The van der Waals surface area contributed by atoms with E-state index in [1.807, 2.05) is 0 Å². The molecular weight excluding hydrogens is 478 g/mol. The third kappa shape index (κ3) is 29.7. The summed E-state index contributed by atoms with van der Waals surface area (Å²) < 4.78 is 5.60. The maximum absolute atomic E-state index is 12.6. The van der Waals surface area contributed by atoms with Gasteiger partial charge in [0.15, 0.2) is 0 Å². The van der Waals surface area contributed by atoms with Gasteiger partial charge in [-0.05, 0) is 65.6 Å². The van der Waals surface area contributed by atoms with Crippen LogP contribution in [0.15, 0.2) is 23.3 Å². The summed E-state index contributed by atoms with van der Waals surface area (Å²) in [6.45, 7) is 13.9. The highest BCUT2D eigenvalue weighted by atomic mass is 16.5. The highest BCUT2D eigenvalue weighted by Gasteiger charge is 2.11. The SMILES string of the molecule is CCCCCCCCCCCCN(CCCCCCCCCCCC)CC(=O)OC/C=C(\C)CCC=C(C)C. The van der Waals surface area contributed by atoms with E-state index in [-0.39, 0.29) is 5.97 Å². The van der Waals surface area contributed by atoms with Crippen LogP contribution < -0.4 is 0 Å². The second kappa shape index (κ2) is 29.9. The minimum Gasteiger partial charge on any atom is -0.460 e. The molecule has 0 aromatic carbocycles. The van der Waals surface area contributed by atoms with E-state index >= 15 is 0 Å². The van der Waals surface area contributed by atoms with Gasteiger partial charge < -0.3 is 4.74 Å². The van der Waals surface area contributed by atoms with E-state index in [2.05, 4.69) is 51.7 Å². The maximum atomic E-state index is 12.6. The second-order valence-electron chi connectivity index (χ2n) is 12.2. The Kier molecular flexibility index (Phi) is 29.0. The van der Waals surface area contributed by atoms with Gasteiger partial charge in [-0.2, -0.15) is 0 Å². The van der Waals surface area contributed by atoms with Gasteiger partial charge in [-0.15, -0.1) is 0 Å². The van der Waals surface area contributed by atoms with Gasteiger partial charge in [0.2, 0.25) is 0 Å². The van der Waals surface area contributed by atoms with E-state index in [1.54, 1.807) is 0 Å². The standard InChI is InChI=1S/C36H69NO2/c1-6-8-10-12-14-16-18-20-22-24-30-37(31-25-23-21-19-17-15-13-11-9-7-2)33-36(38)39-32-29-35(5)28-26-27-34(3)4/h27,29H,6-26,28,30-33H2,1-5H3/b35-29+. The van der Waals surface area contributed by atoms with E-state index in [4.69, 9.17) is 4.74 Å². The van der Waals surface area contributed by atoms with Gasteiger partial charge in [0.25, 0.3) is 0 Å². The van der Waals surface area contributed by atoms with Crippen molar-refractivity contribution in [3.05, 3.63) is 23.3 Å². The minimum atomic E-state index is -0.0671. The Morgan fingerprint density at radius 3 is 1.41 bits per heavy atom. The van der Waals surface area contributed by atoms with Crippen molar-refractivity contribution in [2.45, 2.75) is 176 Å². The molecule has 0 heterocycles. The number of hydrogen-bond donors (Lipinski definition) is 0. The van der Waals surface area contributed by atoms with Gasteiger partial charge >= 0.3 is 5.97 Å². The van der Waals surface area contributed by atoms with Crippen molar-refractivity contribution >= 4 is 5.97 Å². The molecule has 0 fully saturated rings. The highest BCUT2D eigenvalue weighted by Crippen LogP contribution is 2.13. The van der Waals surface area contributed by atoms with E-state index in [9.17, 15) is 4.79 Å². The lowest BCUT2D eigenvalue weighted by Crippen LogP contribution is -2.33. The highest BCUT2D eigenvalue weighted by molar-refractivity contribution is 5.71. The largest absolute Gasteiger partial charge is 0.460 e. The summed E-state index contributed by atoms with van der Waals surface area (Å²) in [7, 11) is 0. The number of carbonyl (C=O) groups excluding carboxylic acids is 1. The summed E-state index contributed by atoms with van der Waals surface area (Å²) in [5.41, 5.74) is 2.66. The van der Waals surface area contributed by atoms with E-state index in [0.29, 0.717) is 13.2 Å². The Morgan fingerprint density at radius 1 is 0.590 bits per heavy atom. The van der Waals surface area contributed by atoms with Crippen molar-refractivity contribution in [1.82, 2.24) is 4.90 Å². The Morgan fingerprint density at radius 2 is 1.00 bits per heavy atom. The molecule has 0 radical (unpaired) electrons. The summed E-state index contributed by atoms with van der Waals surface area (Å²) in [5, 5.41) is 0. The van der Waals surface area contributed by atoms with Crippen LogP contribution >= 0.6 is 0 Å². The van der Waals surface area contributed by atoms with Gasteiger partial charge in [0.1, 0.15) is 6.61 Å². The first-order chi connectivity index (χ1) is 19.0. The molecule has 0 unspecified atom stereocenters. The molecule has 0 aliphatic rings. The Balaban J connectivity index is 4.26. The zero-order valence-corrected chi connectivity index (χ0v) is 27.3. The maximum Gasteiger partial charge on any atom is 0.320 e. The lowest BCUT2D eigenvalue weighted by atomic mass is 10.1. The number of ether oxygens (including phenoxy) is 1. The van der Waals surface area contributed by atoms with Crippen molar-refractivity contribution in [3.8, 4) is 0 Å². The van der Waals surface area contributed by atoms with Crippen LogP contribution in [0.25, 0.3) is 0 Å². The zero-order chi connectivity index (χ0) is 28.8. The van der Waals surface area contributed by atoms with Crippen molar-refractivity contribution < 1.29 is 9.53 Å². The minimum absolute atomic E-state index is 0.0671. The molecule has 3 heteroatoms. The summed E-state index contributed by atoms with van der Waals surface area (Å²) in [6, 6.07) is 0. The number of esters is 1. The van der Waals surface area contributed by atoms with Crippen LogP contribution in [-0.4, -0.2) is 37.1 Å². The van der Waals surface area contributed by atoms with Crippen LogP contribution in [0, 0.1) is 0 Å². The molecule has 0 N–H and O–H groups in total. The Bertz CT molecular complexity index is 567. The lowest BCUT2D eigenvalue weighted by molar-refractivity contribution is -0.143. The first-order valence-corrected chi connectivity index (χ1v) is 17.2. The number of rotatable bonds is 29. The molecule has 0 aromatic heterocycles. The molecule has 3 nitrogen and oxygen atoms in total. The summed E-state index contributed by atoms with van der Waals surface area (Å²) in [6.07, 6.45) is 33.5. The van der Waals surface area contributed by atoms with Crippen molar-refractivity contribution in [2.24, 2.45) is 0 Å². The fourth-order valence-electron chi connectivity index (χ4n) is 5.11. The molecule has 0 amide bonds. The predicted molar refractivity (Wildman–Crippen MR) is 174 cm³/mol. The van der Waals surface area contributed by atoms with Crippen LogP contribution in [0.3, 0.4) is 0 Å². The summed E-state index contributed by atoms with van der Waals surface area (Å²) in [5.74, 6) is -0.0671. The topological polar surface area (TPSA) is 29.5 Å². The second-order valence-corrected chi connectivity index (χ2v) is 12.2. The van der Waals surface area contributed by atoms with Crippen molar-refractivity contribution in [3.63, 3.8) is 0 Å². The van der Waals surface area contributed by atoms with Crippen LogP contribution in [0.1, 0.15) is 176 Å². The quantitative estimate of drug-likeness (QED) is 0.0530. The molecule has 39 heavy (non-hydrogen) atoms. The van der Waals surface area contributed by atoms with Gasteiger partial charge in [0.05, 0.1) is 6.54 Å². The summed E-state index contributed by atoms with van der Waals surface area (Å²) in [4.78, 5) is 15.0. The number of hydrogen-bond acceptors (Lipinski definition) is 3. The van der Waals surface area contributed by atoms with Gasteiger partial charge in [-0.1, -0.05) is 147 Å². The van der Waals surface area contributed by atoms with Gasteiger partial charge in [-0.25, -0.2) is 0 Å². The predicted octanol–water partition coefficient (Wildman–Crippen LogP) is 11.4. The third-order valence-corrected chi connectivity index (χ3v) is 7.78. The van der Waals surface area contributed by atoms with E-state index in [1.165, 1.54) is 140 Å². The molecule has 0 rings (SSSR count). The Hall–Kier alpha value is -1.09. The molecule has 0 aliphatic heterocycles. The third-order valence-electron chi connectivity index (χ3n) is 7.78. The lowest BCUT2D eigenvalue weighted by Gasteiger charge is -2.21. The number of nitrogens with zero attached hydrogens (tertiary/aromatic N) is 1. The molecule has 0 atom stereocenters. The fraction of sp³-hybridized carbons (Fsp3) is 0.861. The average Bonchev–Trinajstić information content (AvgIpc) is 2.90. The van der Waals surface area contributed by atoms with E-state index < -0.39 is 0 Å². The number of carbonyl (C=O) groups is 1. The molecule has 0 aliphatic carbocycles. The van der Waals surface area contributed by atoms with Crippen molar-refractivity contribution in [1.29, 1.82) is 0 Å². The first kappa shape index (κ1) is 37.9. The molecular formula is C36H69NO2. The fourth-order valence-corrected chi connectivity index (χ4v) is 5.11. The zero-order valence-electron chi connectivity index (χ0n) is 27.3. The molecule has 0 aromatic rings. The van der Waals surface area contributed by atoms with E-state index in [0.717, 1.165) is 25.9 Å². The van der Waals surface area contributed by atoms with Crippen LogP contribution in [0.2, 0.25) is 0 Å². The number of allylic oxidation sites excluding steroid dienone is 3. The van der Waals surface area contributed by atoms with Crippen LogP contribution in [-0.2, 0) is 9.53 Å². The molecule has 0 saturated carbocycles. The monoisotopic (exact) mass is 548 g/mol. The summed E-state index contributed by atoms with van der Waals surface area (Å²) >= 11 is 0. The molecule has 0 spiro atoms. The van der Waals surface area contributed by atoms with Crippen molar-refractivity contribution in [2.75, 3.05) is 26.2 Å². The van der Waals surface area contributed by atoms with Crippen LogP contribution in [0.5, 0.6) is 0 Å². The smallest absolute Gasteiger partial charge is 0.320 e. The first-order valence-electron chi connectivity index (χ1n) is 17.2. The number of unbranched alkanes of at least 4 members (excludes halogenated alkanes) is 18. The Labute approximate surface area is 245 Å². The molecule has 0 saturated heterocycles. The van der Waals surface area contributed by atoms with Gasteiger partial charge in [-0.3, -0.25) is 9.69 Å². The molecule has 230 valence electrons. The normalized spacial score (nSPS) is 11.8. The van der Waals surface area contributed by atoms with Gasteiger partial charge in [0, 0.05) is 0 Å².